The lowest BCUT2D eigenvalue weighted by atomic mass is 9.83. The third-order valence-electron chi connectivity index (χ3n) is 4.19. The van der Waals surface area contributed by atoms with Crippen molar-refractivity contribution in [2.75, 3.05) is 0 Å². The molecule has 3 rings (SSSR count). The summed E-state index contributed by atoms with van der Waals surface area (Å²) in [5.74, 6) is 0.455. The van der Waals surface area contributed by atoms with E-state index >= 15 is 0 Å². The van der Waals surface area contributed by atoms with Gasteiger partial charge in [0.1, 0.15) is 5.54 Å². The lowest BCUT2D eigenvalue weighted by Gasteiger charge is -2.27. The second-order valence-corrected chi connectivity index (χ2v) is 6.45. The summed E-state index contributed by atoms with van der Waals surface area (Å²) in [5.41, 5.74) is 1.90. The van der Waals surface area contributed by atoms with Gasteiger partial charge in [0.25, 0.3) is 0 Å². The molecular formula is C19H18ClNO2. The molecule has 0 saturated carbocycles. The summed E-state index contributed by atoms with van der Waals surface area (Å²) in [7, 11) is 0. The molecule has 2 atom stereocenters. The summed E-state index contributed by atoms with van der Waals surface area (Å²) < 4.78 is 5.78. The second-order valence-electron chi connectivity index (χ2n) is 6.01. The van der Waals surface area contributed by atoms with E-state index in [0.717, 1.165) is 11.1 Å². The van der Waals surface area contributed by atoms with Gasteiger partial charge >= 0.3 is 0 Å². The van der Waals surface area contributed by atoms with E-state index in [4.69, 9.17) is 16.3 Å². The van der Waals surface area contributed by atoms with Crippen LogP contribution < -0.4 is 0 Å². The number of ketones is 1. The third-order valence-corrected chi connectivity index (χ3v) is 4.44. The van der Waals surface area contributed by atoms with Crippen molar-refractivity contribution in [3.8, 4) is 0 Å². The molecule has 0 radical (unpaired) electrons. The summed E-state index contributed by atoms with van der Waals surface area (Å²) in [4.78, 5) is 17.5. The molecule has 1 heterocycles. The van der Waals surface area contributed by atoms with Crippen molar-refractivity contribution in [3.05, 3.63) is 70.2 Å². The van der Waals surface area contributed by atoms with Gasteiger partial charge in [0.15, 0.2) is 12.0 Å². The standard InChI is InChI=1S/C19H18ClNO2/c1-12-4-6-14(7-5-12)17(22)18-19(3,21-13(2)23-18)15-8-10-16(20)11-9-15/h4-11,18H,1-3H3/t18-,19-/m0/s1. The van der Waals surface area contributed by atoms with Crippen molar-refractivity contribution in [1.82, 2.24) is 0 Å². The molecule has 1 aliphatic rings. The number of ether oxygens (including phenoxy) is 1. The van der Waals surface area contributed by atoms with Gasteiger partial charge in [0.2, 0.25) is 5.78 Å². The average molecular weight is 328 g/mol. The van der Waals surface area contributed by atoms with Gasteiger partial charge in [-0.15, -0.1) is 0 Å². The van der Waals surface area contributed by atoms with E-state index in [2.05, 4.69) is 4.99 Å². The molecule has 0 bridgehead atoms. The van der Waals surface area contributed by atoms with Crippen molar-refractivity contribution in [2.24, 2.45) is 4.99 Å². The van der Waals surface area contributed by atoms with Gasteiger partial charge in [-0.1, -0.05) is 53.6 Å². The Kier molecular flexibility index (Phi) is 3.99. The lowest BCUT2D eigenvalue weighted by Crippen LogP contribution is -2.39. The van der Waals surface area contributed by atoms with E-state index in [1.54, 1.807) is 19.1 Å². The highest BCUT2D eigenvalue weighted by Gasteiger charge is 2.47. The molecule has 3 nitrogen and oxygen atoms in total. The molecule has 0 fully saturated rings. The summed E-state index contributed by atoms with van der Waals surface area (Å²) >= 11 is 5.97. The van der Waals surface area contributed by atoms with Crippen LogP contribution in [0.15, 0.2) is 53.5 Å². The number of aliphatic imine (C=N–C) groups is 1. The van der Waals surface area contributed by atoms with E-state index in [-0.39, 0.29) is 5.78 Å². The van der Waals surface area contributed by atoms with Crippen molar-refractivity contribution in [3.63, 3.8) is 0 Å². The molecule has 2 aromatic rings. The molecule has 118 valence electrons. The fourth-order valence-corrected chi connectivity index (χ4v) is 3.00. The Hall–Kier alpha value is -2.13. The van der Waals surface area contributed by atoms with Gasteiger partial charge in [0, 0.05) is 17.5 Å². The fraction of sp³-hybridized carbons (Fsp3) is 0.263. The Bertz CT molecular complexity index is 765. The van der Waals surface area contributed by atoms with Crippen LogP contribution in [0.5, 0.6) is 0 Å². The van der Waals surface area contributed by atoms with Crippen LogP contribution in [0.4, 0.5) is 0 Å². The van der Waals surface area contributed by atoms with E-state index in [1.807, 2.05) is 50.2 Å². The Morgan fingerprint density at radius 2 is 1.70 bits per heavy atom. The first-order valence-electron chi connectivity index (χ1n) is 7.50. The predicted octanol–water partition coefficient (Wildman–Crippen LogP) is 4.56. The molecule has 0 aliphatic carbocycles. The number of carbonyl (C=O) groups is 1. The SMILES string of the molecule is CC1=N[C@@](C)(c2ccc(Cl)cc2)[C@H](C(=O)c2ccc(C)cc2)O1. The van der Waals surface area contributed by atoms with Crippen molar-refractivity contribution >= 4 is 23.3 Å². The fourth-order valence-electron chi connectivity index (χ4n) is 2.88. The first kappa shape index (κ1) is 15.8. The molecule has 0 unspecified atom stereocenters. The maximum absolute atomic E-state index is 12.9. The third kappa shape index (κ3) is 2.89. The Morgan fingerprint density at radius 3 is 2.30 bits per heavy atom. The zero-order valence-corrected chi connectivity index (χ0v) is 14.1. The Morgan fingerprint density at radius 1 is 1.09 bits per heavy atom. The van der Waals surface area contributed by atoms with Crippen LogP contribution in [0.25, 0.3) is 0 Å². The summed E-state index contributed by atoms with van der Waals surface area (Å²) in [6.45, 7) is 5.69. The average Bonchev–Trinajstić information content (AvgIpc) is 2.84. The lowest BCUT2D eigenvalue weighted by molar-refractivity contribution is 0.0693. The Balaban J connectivity index is 1.99. The smallest absolute Gasteiger partial charge is 0.206 e. The molecular weight excluding hydrogens is 310 g/mol. The van der Waals surface area contributed by atoms with E-state index in [9.17, 15) is 4.79 Å². The van der Waals surface area contributed by atoms with Crippen molar-refractivity contribution < 1.29 is 9.53 Å². The monoisotopic (exact) mass is 327 g/mol. The van der Waals surface area contributed by atoms with Crippen LogP contribution in [0, 0.1) is 6.92 Å². The maximum Gasteiger partial charge on any atom is 0.206 e. The highest BCUT2D eigenvalue weighted by Crippen LogP contribution is 2.38. The van der Waals surface area contributed by atoms with Crippen molar-refractivity contribution in [2.45, 2.75) is 32.4 Å². The highest BCUT2D eigenvalue weighted by molar-refractivity contribution is 6.30. The van der Waals surface area contributed by atoms with Gasteiger partial charge < -0.3 is 4.74 Å². The van der Waals surface area contributed by atoms with Crippen molar-refractivity contribution in [1.29, 1.82) is 0 Å². The van der Waals surface area contributed by atoms with E-state index < -0.39 is 11.6 Å². The quantitative estimate of drug-likeness (QED) is 0.775. The van der Waals surface area contributed by atoms with Crippen LogP contribution in [-0.2, 0) is 10.3 Å². The molecule has 4 heteroatoms. The topological polar surface area (TPSA) is 38.7 Å². The number of carbonyl (C=O) groups excluding carboxylic acids is 1. The van der Waals surface area contributed by atoms with Crippen LogP contribution in [0.1, 0.15) is 35.3 Å². The Labute approximate surface area is 141 Å². The molecule has 0 N–H and O–H groups in total. The summed E-state index contributed by atoms with van der Waals surface area (Å²) in [6.07, 6.45) is -0.675. The van der Waals surface area contributed by atoms with Crippen LogP contribution in [0.3, 0.4) is 0 Å². The molecule has 0 saturated heterocycles. The van der Waals surface area contributed by atoms with Crippen LogP contribution in [0.2, 0.25) is 5.02 Å². The molecule has 0 aromatic heterocycles. The maximum atomic E-state index is 12.9. The van der Waals surface area contributed by atoms with Gasteiger partial charge in [-0.3, -0.25) is 4.79 Å². The number of hydrogen-bond acceptors (Lipinski definition) is 3. The minimum atomic E-state index is -0.753. The zero-order valence-electron chi connectivity index (χ0n) is 13.3. The number of halogens is 1. The highest BCUT2D eigenvalue weighted by atomic mass is 35.5. The normalized spacial score (nSPS) is 23.3. The van der Waals surface area contributed by atoms with E-state index in [1.165, 1.54) is 0 Å². The number of aryl methyl sites for hydroxylation is 1. The van der Waals surface area contributed by atoms with Gasteiger partial charge in [-0.25, -0.2) is 4.99 Å². The number of hydrogen-bond donors (Lipinski definition) is 0. The second kappa shape index (κ2) is 5.82. The molecule has 0 spiro atoms. The van der Waals surface area contributed by atoms with E-state index in [0.29, 0.717) is 16.5 Å². The van der Waals surface area contributed by atoms with Gasteiger partial charge in [-0.2, -0.15) is 0 Å². The minimum absolute atomic E-state index is 0.0666. The summed E-state index contributed by atoms with van der Waals surface area (Å²) in [6, 6.07) is 14.9. The van der Waals surface area contributed by atoms with Gasteiger partial charge in [-0.05, 0) is 31.5 Å². The minimum Gasteiger partial charge on any atom is -0.467 e. The van der Waals surface area contributed by atoms with Crippen LogP contribution in [-0.4, -0.2) is 17.8 Å². The number of nitrogens with zero attached hydrogens (tertiary/aromatic N) is 1. The van der Waals surface area contributed by atoms with Gasteiger partial charge in [0.05, 0.1) is 0 Å². The molecule has 1 aliphatic heterocycles. The van der Waals surface area contributed by atoms with Crippen LogP contribution >= 0.6 is 11.6 Å². The first-order valence-corrected chi connectivity index (χ1v) is 7.88. The largest absolute Gasteiger partial charge is 0.467 e. The summed E-state index contributed by atoms with van der Waals surface area (Å²) in [5, 5.41) is 0.651. The molecule has 23 heavy (non-hydrogen) atoms. The zero-order chi connectivity index (χ0) is 16.6. The molecule has 2 aromatic carbocycles. The number of benzene rings is 2. The predicted molar refractivity (Wildman–Crippen MR) is 92.3 cm³/mol. The number of rotatable bonds is 3. The molecule has 0 amide bonds. The first-order chi connectivity index (χ1) is 10.9. The number of Topliss-reactive ketones (excluding diaryl/α,β-unsaturated/α-hetero) is 1.